The lowest BCUT2D eigenvalue weighted by Crippen LogP contribution is -2.45. The number of rotatable bonds is 5. The Balaban J connectivity index is 1.43. The Labute approximate surface area is 205 Å². The first-order valence-corrected chi connectivity index (χ1v) is 11.8. The van der Waals surface area contributed by atoms with Gasteiger partial charge in [-0.15, -0.1) is 0 Å². The molecule has 1 aromatic heterocycles. The van der Waals surface area contributed by atoms with Crippen LogP contribution in [0, 0.1) is 17.0 Å². The van der Waals surface area contributed by atoms with Gasteiger partial charge in [-0.25, -0.2) is 13.5 Å². The van der Waals surface area contributed by atoms with Gasteiger partial charge in [0.1, 0.15) is 17.7 Å². The Kier molecular flexibility index (Phi) is 5.83. The molecule has 2 aromatic carbocycles. The molecule has 2 aliphatic carbocycles. The number of halogens is 5. The van der Waals surface area contributed by atoms with E-state index in [4.69, 9.17) is 5.73 Å². The number of benzene rings is 2. The maximum atomic E-state index is 14.4. The highest BCUT2D eigenvalue weighted by molar-refractivity contribution is 5.62. The molecule has 3 aromatic rings. The number of nitrogens with two attached hydrogens (primary N) is 1. The quantitative estimate of drug-likeness (QED) is 0.432. The van der Waals surface area contributed by atoms with Crippen molar-refractivity contribution in [1.82, 2.24) is 9.78 Å². The fourth-order valence-electron chi connectivity index (χ4n) is 5.77. The summed E-state index contributed by atoms with van der Waals surface area (Å²) >= 11 is 0. The molecule has 3 atom stereocenters. The van der Waals surface area contributed by atoms with Crippen LogP contribution in [0.4, 0.5) is 22.0 Å². The minimum atomic E-state index is -4.78. The minimum Gasteiger partial charge on any atom is -0.389 e. The van der Waals surface area contributed by atoms with Crippen molar-refractivity contribution in [3.8, 4) is 5.69 Å². The van der Waals surface area contributed by atoms with Crippen LogP contribution in [0.25, 0.3) is 11.8 Å². The van der Waals surface area contributed by atoms with Crippen LogP contribution in [-0.2, 0) is 12.8 Å². The van der Waals surface area contributed by atoms with Crippen LogP contribution in [0.2, 0.25) is 0 Å². The van der Waals surface area contributed by atoms with Crippen molar-refractivity contribution in [2.45, 2.75) is 56.8 Å². The average molecular weight is 504 g/mol. The van der Waals surface area contributed by atoms with E-state index in [1.165, 1.54) is 24.3 Å². The molecule has 36 heavy (non-hydrogen) atoms. The van der Waals surface area contributed by atoms with Gasteiger partial charge in [-0.1, -0.05) is 24.6 Å². The molecule has 0 unspecified atom stereocenters. The van der Waals surface area contributed by atoms with Gasteiger partial charge in [0, 0.05) is 11.0 Å². The van der Waals surface area contributed by atoms with Crippen LogP contribution in [0.5, 0.6) is 0 Å². The fraction of sp³-hybridized carbons (Fsp3) is 0.370. The number of aryl methyl sites for hydroxylation is 1. The summed E-state index contributed by atoms with van der Waals surface area (Å²) in [5, 5.41) is 16.3. The summed E-state index contributed by atoms with van der Waals surface area (Å²) < 4.78 is 69.4. The Hall–Kier alpha value is -3.04. The van der Waals surface area contributed by atoms with Gasteiger partial charge in [-0.05, 0) is 79.6 Å². The summed E-state index contributed by atoms with van der Waals surface area (Å²) in [7, 11) is 0. The largest absolute Gasteiger partial charge is 0.407 e. The lowest BCUT2D eigenvalue weighted by Gasteiger charge is -2.42. The molecular formula is C27H26F5N3O. The molecule has 1 heterocycles. The van der Waals surface area contributed by atoms with Gasteiger partial charge in [-0.2, -0.15) is 18.3 Å². The summed E-state index contributed by atoms with van der Waals surface area (Å²) in [5.41, 5.74) is 6.59. The third kappa shape index (κ3) is 3.94. The predicted molar refractivity (Wildman–Crippen MR) is 125 cm³/mol. The number of aromatic nitrogens is 2. The van der Waals surface area contributed by atoms with Gasteiger partial charge in [0.15, 0.2) is 0 Å². The van der Waals surface area contributed by atoms with E-state index >= 15 is 0 Å². The molecule has 0 amide bonds. The van der Waals surface area contributed by atoms with E-state index in [2.05, 4.69) is 5.10 Å². The minimum absolute atomic E-state index is 0.0535. The summed E-state index contributed by atoms with van der Waals surface area (Å²) in [5.74, 6) is -1.35. The zero-order valence-electron chi connectivity index (χ0n) is 19.6. The molecule has 0 spiro atoms. The molecule has 1 saturated carbocycles. The maximum Gasteiger partial charge on any atom is 0.407 e. The predicted octanol–water partition coefficient (Wildman–Crippen LogP) is 5.82. The lowest BCUT2D eigenvalue weighted by atomic mass is 9.65. The van der Waals surface area contributed by atoms with Crippen molar-refractivity contribution >= 4 is 6.08 Å². The monoisotopic (exact) mass is 503 g/mol. The van der Waals surface area contributed by atoms with Crippen molar-refractivity contribution in [1.29, 1.82) is 0 Å². The molecular weight excluding hydrogens is 477 g/mol. The summed E-state index contributed by atoms with van der Waals surface area (Å²) in [6.45, 7) is 1.96. The Bertz CT molecular complexity index is 1330. The van der Waals surface area contributed by atoms with Gasteiger partial charge in [-0.3, -0.25) is 0 Å². The van der Waals surface area contributed by atoms with Crippen molar-refractivity contribution in [3.05, 3.63) is 88.3 Å². The van der Waals surface area contributed by atoms with Crippen molar-refractivity contribution < 1.29 is 27.1 Å². The lowest BCUT2D eigenvalue weighted by molar-refractivity contribution is -0.149. The van der Waals surface area contributed by atoms with Gasteiger partial charge in [0.05, 0.1) is 23.2 Å². The molecule has 3 N–H and O–H groups in total. The molecule has 4 nitrogen and oxygen atoms in total. The van der Waals surface area contributed by atoms with E-state index in [9.17, 15) is 27.1 Å². The highest BCUT2D eigenvalue weighted by Gasteiger charge is 2.55. The second-order valence-electron chi connectivity index (χ2n) is 9.99. The Morgan fingerprint density at radius 1 is 1.14 bits per heavy atom. The highest BCUT2D eigenvalue weighted by Crippen LogP contribution is 2.57. The molecule has 2 aliphatic rings. The number of fused-ring (bicyclic) bond motifs is 2. The zero-order valence-corrected chi connectivity index (χ0v) is 19.6. The van der Waals surface area contributed by atoms with Gasteiger partial charge in [0.2, 0.25) is 0 Å². The molecule has 0 radical (unpaired) electrons. The third-order valence-electron chi connectivity index (χ3n) is 7.97. The van der Waals surface area contributed by atoms with Crippen molar-refractivity contribution in [2.75, 3.05) is 0 Å². The average Bonchev–Trinajstić information content (AvgIpc) is 3.33. The normalized spacial score (nSPS) is 24.3. The van der Waals surface area contributed by atoms with Crippen LogP contribution in [0.1, 0.15) is 54.6 Å². The number of nitrogens with zero attached hydrogens (tertiary/aromatic N) is 2. The van der Waals surface area contributed by atoms with E-state index in [0.717, 1.165) is 22.9 Å². The topological polar surface area (TPSA) is 64.1 Å². The summed E-state index contributed by atoms with van der Waals surface area (Å²) in [4.78, 5) is 0. The second kappa shape index (κ2) is 8.52. The van der Waals surface area contributed by atoms with E-state index in [1.807, 2.05) is 13.0 Å². The maximum absolute atomic E-state index is 14.4. The molecule has 0 aliphatic heterocycles. The van der Waals surface area contributed by atoms with Gasteiger partial charge in [0.25, 0.3) is 0 Å². The first kappa shape index (κ1) is 24.6. The van der Waals surface area contributed by atoms with E-state index in [-0.39, 0.29) is 24.2 Å². The second-order valence-corrected chi connectivity index (χ2v) is 9.99. The number of hydrogen-bond donors (Lipinski definition) is 2. The fourth-order valence-corrected chi connectivity index (χ4v) is 5.77. The first-order chi connectivity index (χ1) is 16.9. The van der Waals surface area contributed by atoms with Gasteiger partial charge >= 0.3 is 6.18 Å². The van der Waals surface area contributed by atoms with Crippen LogP contribution in [0.3, 0.4) is 0 Å². The first-order valence-electron chi connectivity index (χ1n) is 11.8. The SMILES string of the molecule is C[C@]12Cc3cnn(-c4ccc(F)cc4)c3C=C1CC[C@@]2(O)CCc1cccc(F)c1[C@@H](N)C(F)(F)F. The summed E-state index contributed by atoms with van der Waals surface area (Å²) in [6.07, 6.45) is 0.681. The molecule has 5 rings (SSSR count). The number of alkyl halides is 3. The van der Waals surface area contributed by atoms with E-state index in [0.29, 0.717) is 24.9 Å². The molecule has 190 valence electrons. The molecule has 0 saturated heterocycles. The molecule has 1 fully saturated rings. The van der Waals surface area contributed by atoms with Crippen LogP contribution < -0.4 is 5.73 Å². The zero-order chi connectivity index (χ0) is 25.9. The smallest absolute Gasteiger partial charge is 0.389 e. The Morgan fingerprint density at radius 2 is 1.86 bits per heavy atom. The molecule has 9 heteroatoms. The van der Waals surface area contributed by atoms with Crippen LogP contribution in [0.15, 0.2) is 54.2 Å². The molecule has 0 bridgehead atoms. The van der Waals surface area contributed by atoms with Crippen LogP contribution in [-0.4, -0.2) is 26.7 Å². The Morgan fingerprint density at radius 3 is 2.56 bits per heavy atom. The van der Waals surface area contributed by atoms with E-state index < -0.39 is 34.6 Å². The van der Waals surface area contributed by atoms with E-state index in [1.54, 1.807) is 23.0 Å². The van der Waals surface area contributed by atoms with Crippen LogP contribution >= 0.6 is 0 Å². The number of aliphatic hydroxyl groups is 1. The number of hydrogen-bond acceptors (Lipinski definition) is 3. The highest BCUT2D eigenvalue weighted by atomic mass is 19.4. The van der Waals surface area contributed by atoms with Gasteiger partial charge < -0.3 is 10.8 Å². The standard InChI is InChI=1S/C27H26F5N3O/c1-25-14-17-15-34-35(20-7-5-19(28)6-8-20)22(17)13-18(25)10-12-26(25,36)11-9-16-3-2-4-21(29)23(16)24(33)27(30,31)32/h2-8,13,15,24,36H,9-12,14,33H2,1H3/t24-,25+,26+/m1/s1. The third-order valence-corrected chi connectivity index (χ3v) is 7.97. The van der Waals surface area contributed by atoms with Crippen molar-refractivity contribution in [3.63, 3.8) is 0 Å². The summed E-state index contributed by atoms with van der Waals surface area (Å²) in [6, 6.07) is 7.34. The van der Waals surface area contributed by atoms with Crippen molar-refractivity contribution in [2.24, 2.45) is 11.1 Å².